The molecule has 0 radical (unpaired) electrons. The number of hydrogen-bond acceptors (Lipinski definition) is 13. The standard InChI is InChI=1S/C49H48FN11O7S/c50-37-25-31(24-35-36(37)27-61(48(35)67)44(47(66)56-49-51-15-23-69-49)43-39-2-1-16-60(39)29-53-43)4-3-30-5-10-38(52-26-30)45(64)54-32-13-17-59(18-14-32)42(63)28-57-19-21-58(22-20-57)33-6-8-34(9-7-33)68-40-11-12-41(62)55-46(40)65/h5-10,15,23-26,29,32,40,44H,1-2,11-14,16-22,27-28H2,(H,54,64)(H,51,56,66)(H,55,62,65). The molecule has 0 saturated carbocycles. The second-order valence-corrected chi connectivity index (χ2v) is 18.5. The summed E-state index contributed by atoms with van der Waals surface area (Å²) in [5, 5.41) is 10.3. The van der Waals surface area contributed by atoms with Gasteiger partial charge in [-0.25, -0.2) is 19.3 Å². The highest BCUT2D eigenvalue weighted by atomic mass is 32.1. The van der Waals surface area contributed by atoms with Gasteiger partial charge in [-0.1, -0.05) is 11.8 Å². The lowest BCUT2D eigenvalue weighted by Crippen LogP contribution is -2.52. The number of anilines is 2. The van der Waals surface area contributed by atoms with E-state index in [1.54, 1.807) is 30.0 Å². The van der Waals surface area contributed by atoms with Gasteiger partial charge in [-0.05, 0) is 74.2 Å². The number of likely N-dealkylation sites (tertiary alicyclic amines) is 1. The van der Waals surface area contributed by atoms with Crippen molar-refractivity contribution in [1.29, 1.82) is 0 Å². The monoisotopic (exact) mass is 953 g/mol. The Hall–Kier alpha value is -7.50. The number of ether oxygens (including phenoxy) is 1. The number of nitrogens with zero attached hydrogens (tertiary/aromatic N) is 8. The van der Waals surface area contributed by atoms with E-state index in [2.05, 4.69) is 52.5 Å². The minimum Gasteiger partial charge on any atom is -0.481 e. The molecule has 8 heterocycles. The van der Waals surface area contributed by atoms with Crippen molar-refractivity contribution in [2.45, 2.75) is 69.8 Å². The topological polar surface area (TPSA) is 204 Å². The molecule has 3 aromatic heterocycles. The van der Waals surface area contributed by atoms with Crippen LogP contribution < -0.4 is 25.6 Å². The van der Waals surface area contributed by atoms with Gasteiger partial charge >= 0.3 is 0 Å². The van der Waals surface area contributed by atoms with Gasteiger partial charge in [-0.15, -0.1) is 11.3 Å². The number of pyridine rings is 1. The van der Waals surface area contributed by atoms with Crippen LogP contribution in [0.25, 0.3) is 0 Å². The first-order valence-electron chi connectivity index (χ1n) is 23.0. The molecule has 5 aliphatic rings. The summed E-state index contributed by atoms with van der Waals surface area (Å²) in [6.07, 6.45) is 7.46. The van der Waals surface area contributed by atoms with E-state index < -0.39 is 35.7 Å². The molecule has 3 N–H and O–H groups in total. The third kappa shape index (κ3) is 9.92. The minimum atomic E-state index is -1.10. The highest BCUT2D eigenvalue weighted by Crippen LogP contribution is 2.36. The van der Waals surface area contributed by atoms with Gasteiger partial charge in [0.15, 0.2) is 17.3 Å². The number of halogens is 1. The number of imidazole rings is 1. The number of amides is 6. The number of carbonyl (C=O) groups excluding carboxylic acids is 6. The predicted octanol–water partition coefficient (Wildman–Crippen LogP) is 3.28. The van der Waals surface area contributed by atoms with E-state index in [1.807, 2.05) is 33.7 Å². The minimum absolute atomic E-state index is 0.0620. The Morgan fingerprint density at radius 2 is 1.70 bits per heavy atom. The van der Waals surface area contributed by atoms with E-state index in [0.29, 0.717) is 67.5 Å². The van der Waals surface area contributed by atoms with E-state index in [4.69, 9.17) is 4.74 Å². The van der Waals surface area contributed by atoms with E-state index in [-0.39, 0.29) is 59.1 Å². The third-order valence-electron chi connectivity index (χ3n) is 13.2. The fourth-order valence-corrected chi connectivity index (χ4v) is 10.0. The maximum atomic E-state index is 15.7. The van der Waals surface area contributed by atoms with E-state index in [9.17, 15) is 28.8 Å². The summed E-state index contributed by atoms with van der Waals surface area (Å²) in [6.45, 7) is 4.99. The fraction of sp³-hybridized carbons (Fsp3) is 0.367. The average molecular weight is 954 g/mol. The molecule has 3 fully saturated rings. The summed E-state index contributed by atoms with van der Waals surface area (Å²) >= 11 is 1.25. The van der Waals surface area contributed by atoms with Crippen LogP contribution in [0.5, 0.6) is 5.75 Å². The predicted molar refractivity (Wildman–Crippen MR) is 249 cm³/mol. The lowest BCUT2D eigenvalue weighted by Gasteiger charge is -2.38. The van der Waals surface area contributed by atoms with Crippen molar-refractivity contribution in [3.05, 3.63) is 118 Å². The maximum absolute atomic E-state index is 15.7. The third-order valence-corrected chi connectivity index (χ3v) is 13.9. The molecule has 2 aromatic carbocycles. The van der Waals surface area contributed by atoms with Crippen LogP contribution in [0, 0.1) is 17.7 Å². The number of benzene rings is 2. The molecular weight excluding hydrogens is 906 g/mol. The van der Waals surface area contributed by atoms with Gasteiger partial charge in [0.05, 0.1) is 25.1 Å². The van der Waals surface area contributed by atoms with Crippen molar-refractivity contribution in [1.82, 2.24) is 44.9 Å². The Bertz CT molecular complexity index is 2860. The van der Waals surface area contributed by atoms with Crippen molar-refractivity contribution < 1.29 is 37.9 Å². The molecule has 6 amide bonds. The Labute approximate surface area is 400 Å². The number of aryl methyl sites for hydroxylation is 1. The summed E-state index contributed by atoms with van der Waals surface area (Å²) in [6, 6.07) is 12.4. The molecule has 2 atom stereocenters. The van der Waals surface area contributed by atoms with Crippen LogP contribution >= 0.6 is 11.3 Å². The maximum Gasteiger partial charge on any atom is 0.270 e. The first kappa shape index (κ1) is 45.3. The first-order valence-corrected chi connectivity index (χ1v) is 23.9. The summed E-state index contributed by atoms with van der Waals surface area (Å²) in [4.78, 5) is 98.4. The van der Waals surface area contributed by atoms with Crippen LogP contribution in [0.2, 0.25) is 0 Å². The molecule has 354 valence electrons. The molecule has 20 heteroatoms. The van der Waals surface area contributed by atoms with E-state index in [0.717, 1.165) is 50.5 Å². The van der Waals surface area contributed by atoms with Crippen LogP contribution in [0.4, 0.5) is 15.2 Å². The van der Waals surface area contributed by atoms with Gasteiger partial charge < -0.3 is 29.3 Å². The normalized spacial score (nSPS) is 18.8. The number of nitrogens with one attached hydrogen (secondary N) is 3. The van der Waals surface area contributed by atoms with Crippen LogP contribution in [0.15, 0.2) is 72.6 Å². The SMILES string of the molecule is O=C1CCC(Oc2ccc(N3CCN(CC(=O)N4CCC(NC(=O)c5ccc(C#Cc6cc(F)c7c(c6)C(=O)N(C(C(=O)Nc6nccs6)c6ncn8c6CCC8)C7)cn5)CC4)CC3)cc2)C(=O)N1. The number of aromatic nitrogens is 4. The Kier molecular flexibility index (Phi) is 12.9. The summed E-state index contributed by atoms with van der Waals surface area (Å²) in [5.74, 6) is 3.87. The average Bonchev–Trinajstić information content (AvgIpc) is 4.18. The highest BCUT2D eigenvalue weighted by Gasteiger charge is 2.42. The second-order valence-electron chi connectivity index (χ2n) is 17.6. The molecule has 0 aliphatic carbocycles. The molecule has 5 aliphatic heterocycles. The van der Waals surface area contributed by atoms with Crippen molar-refractivity contribution in [3.8, 4) is 17.6 Å². The Morgan fingerprint density at radius 1 is 0.899 bits per heavy atom. The van der Waals surface area contributed by atoms with Crippen LogP contribution in [-0.4, -0.2) is 128 Å². The van der Waals surface area contributed by atoms with Crippen LogP contribution in [-0.2, 0) is 38.7 Å². The Balaban J connectivity index is 0.684. The molecule has 69 heavy (non-hydrogen) atoms. The summed E-state index contributed by atoms with van der Waals surface area (Å²) in [7, 11) is 0. The van der Waals surface area contributed by atoms with E-state index in [1.165, 1.54) is 34.6 Å². The number of carbonyl (C=O) groups is 6. The molecule has 0 bridgehead atoms. The van der Waals surface area contributed by atoms with Crippen molar-refractivity contribution >= 4 is 57.6 Å². The number of fused-ring (bicyclic) bond motifs is 2. The number of piperazine rings is 1. The molecule has 10 rings (SSSR count). The van der Waals surface area contributed by atoms with Gasteiger partial charge in [-0.2, -0.15) is 0 Å². The number of hydrogen-bond donors (Lipinski definition) is 3. The first-order chi connectivity index (χ1) is 33.5. The molecule has 5 aromatic rings. The quantitative estimate of drug-likeness (QED) is 0.129. The fourth-order valence-electron chi connectivity index (χ4n) is 9.49. The van der Waals surface area contributed by atoms with E-state index >= 15 is 4.39 Å². The largest absolute Gasteiger partial charge is 0.481 e. The molecule has 3 saturated heterocycles. The van der Waals surface area contributed by atoms with Crippen molar-refractivity contribution in [2.75, 3.05) is 56.0 Å². The van der Waals surface area contributed by atoms with Gasteiger partial charge in [-0.3, -0.25) is 44.3 Å². The molecule has 18 nitrogen and oxygen atoms in total. The van der Waals surface area contributed by atoms with Crippen LogP contribution in [0.1, 0.15) is 87.1 Å². The number of thiazole rings is 1. The molecule has 2 unspecified atom stereocenters. The summed E-state index contributed by atoms with van der Waals surface area (Å²) in [5.41, 5.74) is 3.62. The zero-order valence-corrected chi connectivity index (χ0v) is 38.3. The van der Waals surface area contributed by atoms with Crippen LogP contribution in [0.3, 0.4) is 0 Å². The molecular formula is C49H48FN11O7S. The van der Waals surface area contributed by atoms with Gasteiger partial charge in [0.2, 0.25) is 11.8 Å². The highest BCUT2D eigenvalue weighted by molar-refractivity contribution is 7.13. The second kappa shape index (κ2) is 19.6. The summed E-state index contributed by atoms with van der Waals surface area (Å²) < 4.78 is 23.5. The zero-order chi connectivity index (χ0) is 47.6. The zero-order valence-electron chi connectivity index (χ0n) is 37.5. The number of rotatable bonds is 11. The van der Waals surface area contributed by atoms with Crippen molar-refractivity contribution in [3.63, 3.8) is 0 Å². The number of imide groups is 1. The van der Waals surface area contributed by atoms with Gasteiger partial charge in [0.1, 0.15) is 17.3 Å². The molecule has 0 spiro atoms. The lowest BCUT2D eigenvalue weighted by atomic mass is 10.0. The Morgan fingerprint density at radius 3 is 2.43 bits per heavy atom. The smallest absolute Gasteiger partial charge is 0.270 e. The van der Waals surface area contributed by atoms with Gasteiger partial charge in [0.25, 0.3) is 23.6 Å². The number of piperidine rings is 2. The lowest BCUT2D eigenvalue weighted by molar-refractivity contribution is -0.139. The van der Waals surface area contributed by atoms with Crippen molar-refractivity contribution in [2.24, 2.45) is 0 Å². The van der Waals surface area contributed by atoms with Gasteiger partial charge in [0, 0.05) is 116 Å².